The Kier molecular flexibility index (Phi) is 2.78. The second-order valence-corrected chi connectivity index (χ2v) is 3.62. The molecule has 0 saturated carbocycles. The molecule has 0 bridgehead atoms. The summed E-state index contributed by atoms with van der Waals surface area (Å²) < 4.78 is 38.9. The van der Waals surface area contributed by atoms with Gasteiger partial charge in [0.25, 0.3) is 0 Å². The Balaban J connectivity index is 2.52. The van der Waals surface area contributed by atoms with Crippen molar-refractivity contribution < 1.29 is 13.2 Å². The minimum absolute atomic E-state index is 0.0397. The van der Waals surface area contributed by atoms with Crippen molar-refractivity contribution in [3.05, 3.63) is 29.3 Å². The van der Waals surface area contributed by atoms with Crippen LogP contribution in [0.25, 0.3) is 11.4 Å². The number of aromatic nitrogens is 4. The second kappa shape index (κ2) is 3.99. The quantitative estimate of drug-likeness (QED) is 0.742. The second-order valence-electron chi connectivity index (χ2n) is 3.28. The van der Waals surface area contributed by atoms with E-state index in [1.165, 1.54) is 4.68 Å². The topological polar surface area (TPSA) is 43.6 Å². The largest absolute Gasteiger partial charge is 0.433 e. The molecule has 0 aliphatic carbocycles. The molecule has 0 fully saturated rings. The first-order valence-corrected chi connectivity index (χ1v) is 4.86. The summed E-state index contributed by atoms with van der Waals surface area (Å²) in [7, 11) is 1.65. The first-order chi connectivity index (χ1) is 7.86. The number of rotatable bonds is 1. The SMILES string of the molecule is Cn1ccc(-c2cc(C(F)(F)F)nc(Cl)n2)n1. The van der Waals surface area contributed by atoms with Gasteiger partial charge < -0.3 is 0 Å². The van der Waals surface area contributed by atoms with E-state index in [1.807, 2.05) is 0 Å². The number of aryl methyl sites for hydroxylation is 1. The molecule has 2 rings (SSSR count). The summed E-state index contributed by atoms with van der Waals surface area (Å²) in [5.41, 5.74) is -0.738. The Labute approximate surface area is 99.1 Å². The maximum absolute atomic E-state index is 12.5. The van der Waals surface area contributed by atoms with Gasteiger partial charge in [-0.1, -0.05) is 0 Å². The van der Waals surface area contributed by atoms with Crippen LogP contribution in [0, 0.1) is 0 Å². The van der Waals surface area contributed by atoms with Gasteiger partial charge in [-0.3, -0.25) is 4.68 Å². The predicted molar refractivity (Wildman–Crippen MR) is 54.2 cm³/mol. The zero-order valence-electron chi connectivity index (χ0n) is 8.53. The van der Waals surface area contributed by atoms with Crippen molar-refractivity contribution in [1.29, 1.82) is 0 Å². The molecular formula is C9H6ClF3N4. The Bertz CT molecular complexity index is 549. The van der Waals surface area contributed by atoms with Crippen molar-refractivity contribution in [2.24, 2.45) is 7.05 Å². The van der Waals surface area contributed by atoms with Crippen molar-refractivity contribution in [3.8, 4) is 11.4 Å². The average molecular weight is 263 g/mol. The molecule has 0 spiro atoms. The fraction of sp³-hybridized carbons (Fsp3) is 0.222. The van der Waals surface area contributed by atoms with E-state index in [1.54, 1.807) is 19.3 Å². The average Bonchev–Trinajstić information content (AvgIpc) is 2.62. The van der Waals surface area contributed by atoms with Crippen LogP contribution >= 0.6 is 11.6 Å². The Morgan fingerprint density at radius 3 is 2.47 bits per heavy atom. The summed E-state index contributed by atoms with van der Waals surface area (Å²) in [4.78, 5) is 6.84. The molecule has 0 aromatic carbocycles. The monoisotopic (exact) mass is 262 g/mol. The summed E-state index contributed by atoms with van der Waals surface area (Å²) in [6.45, 7) is 0. The van der Waals surface area contributed by atoms with Crippen LogP contribution in [-0.2, 0) is 13.2 Å². The summed E-state index contributed by atoms with van der Waals surface area (Å²) in [6.07, 6.45) is -2.96. The van der Waals surface area contributed by atoms with Gasteiger partial charge in [0.2, 0.25) is 5.28 Å². The van der Waals surface area contributed by atoms with E-state index in [-0.39, 0.29) is 5.69 Å². The highest BCUT2D eigenvalue weighted by atomic mass is 35.5. The molecule has 0 saturated heterocycles. The van der Waals surface area contributed by atoms with Gasteiger partial charge in [-0.2, -0.15) is 18.3 Å². The minimum Gasteiger partial charge on any atom is -0.275 e. The van der Waals surface area contributed by atoms with Crippen LogP contribution in [0.5, 0.6) is 0 Å². The van der Waals surface area contributed by atoms with Gasteiger partial charge in [-0.25, -0.2) is 9.97 Å². The molecule has 2 aromatic heterocycles. The molecule has 0 aliphatic rings. The molecule has 0 N–H and O–H groups in total. The smallest absolute Gasteiger partial charge is 0.275 e. The molecule has 0 unspecified atom stereocenters. The van der Waals surface area contributed by atoms with E-state index in [9.17, 15) is 13.2 Å². The predicted octanol–water partition coefficient (Wildman–Crippen LogP) is 2.55. The Morgan fingerprint density at radius 2 is 1.94 bits per heavy atom. The lowest BCUT2D eigenvalue weighted by atomic mass is 10.2. The molecule has 17 heavy (non-hydrogen) atoms. The highest BCUT2D eigenvalue weighted by molar-refractivity contribution is 6.28. The lowest BCUT2D eigenvalue weighted by molar-refractivity contribution is -0.141. The first-order valence-electron chi connectivity index (χ1n) is 4.48. The molecule has 4 nitrogen and oxygen atoms in total. The van der Waals surface area contributed by atoms with Crippen LogP contribution in [0.4, 0.5) is 13.2 Å². The summed E-state index contributed by atoms with van der Waals surface area (Å²) in [6, 6.07) is 2.35. The van der Waals surface area contributed by atoms with Gasteiger partial charge in [-0.05, 0) is 23.7 Å². The van der Waals surface area contributed by atoms with Crippen LogP contribution < -0.4 is 0 Å². The van der Waals surface area contributed by atoms with Gasteiger partial charge in [0.05, 0.1) is 5.69 Å². The third kappa shape index (κ3) is 2.55. The molecule has 2 aromatic rings. The summed E-state index contributed by atoms with van der Waals surface area (Å²) >= 11 is 5.46. The minimum atomic E-state index is -4.56. The molecule has 0 aliphatic heterocycles. The van der Waals surface area contributed by atoms with E-state index < -0.39 is 17.2 Å². The first kappa shape index (κ1) is 11.8. The van der Waals surface area contributed by atoms with Gasteiger partial charge in [-0.15, -0.1) is 0 Å². The van der Waals surface area contributed by atoms with Gasteiger partial charge >= 0.3 is 6.18 Å². The van der Waals surface area contributed by atoms with E-state index in [4.69, 9.17) is 11.6 Å². The van der Waals surface area contributed by atoms with Gasteiger partial charge in [0.1, 0.15) is 11.4 Å². The number of nitrogens with zero attached hydrogens (tertiary/aromatic N) is 4. The Morgan fingerprint density at radius 1 is 1.24 bits per heavy atom. The zero-order valence-corrected chi connectivity index (χ0v) is 9.29. The maximum atomic E-state index is 12.5. The Hall–Kier alpha value is -1.63. The molecule has 0 radical (unpaired) electrons. The molecule has 2 heterocycles. The zero-order chi connectivity index (χ0) is 12.6. The van der Waals surface area contributed by atoms with Crippen LogP contribution in [-0.4, -0.2) is 19.7 Å². The number of alkyl halides is 3. The van der Waals surface area contributed by atoms with Crippen molar-refractivity contribution >= 4 is 11.6 Å². The lowest BCUT2D eigenvalue weighted by Gasteiger charge is -2.06. The van der Waals surface area contributed by atoms with E-state index in [0.29, 0.717) is 5.69 Å². The molecule has 90 valence electrons. The molecular weight excluding hydrogens is 257 g/mol. The standard InChI is InChI=1S/C9H6ClF3N4/c1-17-3-2-5(16-17)6-4-7(9(11,12)13)15-8(10)14-6/h2-4H,1H3. The highest BCUT2D eigenvalue weighted by Gasteiger charge is 2.33. The van der Waals surface area contributed by atoms with Crippen molar-refractivity contribution in [3.63, 3.8) is 0 Å². The third-order valence-corrected chi connectivity index (χ3v) is 2.13. The van der Waals surface area contributed by atoms with Crippen LogP contribution in [0.3, 0.4) is 0 Å². The van der Waals surface area contributed by atoms with Crippen molar-refractivity contribution in [1.82, 2.24) is 19.7 Å². The van der Waals surface area contributed by atoms with Crippen molar-refractivity contribution in [2.75, 3.05) is 0 Å². The van der Waals surface area contributed by atoms with E-state index >= 15 is 0 Å². The van der Waals surface area contributed by atoms with Gasteiger partial charge in [0, 0.05) is 13.2 Å². The number of hydrogen-bond donors (Lipinski definition) is 0. The number of halogens is 4. The normalized spacial score (nSPS) is 11.8. The maximum Gasteiger partial charge on any atom is 0.433 e. The van der Waals surface area contributed by atoms with Crippen molar-refractivity contribution in [2.45, 2.75) is 6.18 Å². The highest BCUT2D eigenvalue weighted by Crippen LogP contribution is 2.30. The molecule has 0 amide bonds. The van der Waals surface area contributed by atoms with Crippen LogP contribution in [0.2, 0.25) is 5.28 Å². The fourth-order valence-corrected chi connectivity index (χ4v) is 1.43. The van der Waals surface area contributed by atoms with Crippen LogP contribution in [0.15, 0.2) is 18.3 Å². The van der Waals surface area contributed by atoms with Gasteiger partial charge in [0.15, 0.2) is 0 Å². The molecule has 0 atom stereocenters. The third-order valence-electron chi connectivity index (χ3n) is 1.97. The van der Waals surface area contributed by atoms with Crippen LogP contribution in [0.1, 0.15) is 5.69 Å². The van der Waals surface area contributed by atoms with E-state index in [2.05, 4.69) is 15.1 Å². The molecule has 8 heteroatoms. The fourth-order valence-electron chi connectivity index (χ4n) is 1.25. The number of hydrogen-bond acceptors (Lipinski definition) is 3. The summed E-state index contributed by atoms with van der Waals surface area (Å²) in [5.74, 6) is 0. The van der Waals surface area contributed by atoms with E-state index in [0.717, 1.165) is 6.07 Å². The summed E-state index contributed by atoms with van der Waals surface area (Å²) in [5, 5.41) is 3.49. The lowest BCUT2D eigenvalue weighted by Crippen LogP contribution is -2.09.